The van der Waals surface area contributed by atoms with Crippen molar-refractivity contribution in [2.75, 3.05) is 0 Å². The van der Waals surface area contributed by atoms with Gasteiger partial charge in [-0.2, -0.15) is 0 Å². The summed E-state index contributed by atoms with van der Waals surface area (Å²) in [5, 5.41) is 14.1. The van der Waals surface area contributed by atoms with Gasteiger partial charge in [0, 0.05) is 16.3 Å². The number of rotatable bonds is 9. The zero-order chi connectivity index (χ0) is 28.1. The fraction of sp³-hybridized carbons (Fsp3) is 0.156. The number of amides is 1. The summed E-state index contributed by atoms with van der Waals surface area (Å²) >= 11 is 14.5. The molecule has 0 fully saturated rings. The predicted molar refractivity (Wildman–Crippen MR) is 164 cm³/mol. The van der Waals surface area contributed by atoms with Crippen LogP contribution in [0.1, 0.15) is 44.5 Å². The third-order valence-corrected chi connectivity index (χ3v) is 8.01. The molecule has 0 saturated carbocycles. The van der Waals surface area contributed by atoms with Crippen molar-refractivity contribution in [3.05, 3.63) is 141 Å². The molecule has 202 valence electrons. The minimum Gasteiger partial charge on any atom is -0.342 e. The Labute approximate surface area is 248 Å². The van der Waals surface area contributed by atoms with E-state index < -0.39 is 6.04 Å². The van der Waals surface area contributed by atoms with Gasteiger partial charge < -0.3 is 5.32 Å². The van der Waals surface area contributed by atoms with Crippen LogP contribution in [0.3, 0.4) is 0 Å². The van der Waals surface area contributed by atoms with Gasteiger partial charge in [0.2, 0.25) is 0 Å². The Balaban J connectivity index is 1.56. The van der Waals surface area contributed by atoms with Crippen LogP contribution in [0.5, 0.6) is 0 Å². The quantitative estimate of drug-likeness (QED) is 0.177. The zero-order valence-corrected chi connectivity index (χ0v) is 24.5. The molecule has 40 heavy (non-hydrogen) atoms. The van der Waals surface area contributed by atoms with Crippen LogP contribution < -0.4 is 5.32 Å². The summed E-state index contributed by atoms with van der Waals surface area (Å²) in [6.45, 7) is 4.07. The number of halogens is 2. The van der Waals surface area contributed by atoms with Crippen LogP contribution in [0.15, 0.2) is 102 Å². The lowest BCUT2D eigenvalue weighted by Gasteiger charge is -2.21. The molecule has 5 nitrogen and oxygen atoms in total. The molecular weight excluding hydrogens is 559 g/mol. The lowest BCUT2D eigenvalue weighted by Crippen LogP contribution is -2.32. The Hall–Kier alpha value is -3.58. The van der Waals surface area contributed by atoms with E-state index in [0.717, 1.165) is 11.1 Å². The predicted octanol–water partition coefficient (Wildman–Crippen LogP) is 8.20. The van der Waals surface area contributed by atoms with Gasteiger partial charge in [-0.3, -0.25) is 9.36 Å². The maximum absolute atomic E-state index is 13.4. The van der Waals surface area contributed by atoms with Crippen molar-refractivity contribution in [2.24, 2.45) is 0 Å². The monoisotopic (exact) mass is 586 g/mol. The average Bonchev–Trinajstić information content (AvgIpc) is 3.36. The largest absolute Gasteiger partial charge is 0.342 e. The van der Waals surface area contributed by atoms with Gasteiger partial charge >= 0.3 is 0 Å². The number of carbonyl (C=O) groups excluding carboxylic acids is 1. The SMILES string of the molecule is Cc1ccc(C(=O)NC(Cc2ccccc2)c2nnc(SCc3cccc(C)c3)n2-c2ccc(Cl)cc2Cl)cc1. The fourth-order valence-corrected chi connectivity index (χ4v) is 5.83. The van der Waals surface area contributed by atoms with Gasteiger partial charge in [-0.05, 0) is 61.7 Å². The van der Waals surface area contributed by atoms with Crippen LogP contribution in [-0.4, -0.2) is 20.7 Å². The van der Waals surface area contributed by atoms with Crippen molar-refractivity contribution < 1.29 is 4.79 Å². The topological polar surface area (TPSA) is 59.8 Å². The molecule has 0 aliphatic rings. The molecule has 8 heteroatoms. The Morgan fingerprint density at radius 3 is 2.33 bits per heavy atom. The number of thioether (sulfide) groups is 1. The molecule has 1 heterocycles. The van der Waals surface area contributed by atoms with Crippen molar-refractivity contribution in [1.29, 1.82) is 0 Å². The number of benzene rings is 4. The molecule has 1 aromatic heterocycles. The minimum absolute atomic E-state index is 0.188. The molecule has 0 spiro atoms. The second-order valence-corrected chi connectivity index (χ2v) is 11.4. The smallest absolute Gasteiger partial charge is 0.251 e. The van der Waals surface area contributed by atoms with Crippen LogP contribution in [0.2, 0.25) is 10.0 Å². The molecule has 1 amide bonds. The first-order valence-corrected chi connectivity index (χ1v) is 14.6. The molecule has 0 bridgehead atoms. The normalized spacial score (nSPS) is 11.8. The van der Waals surface area contributed by atoms with E-state index in [9.17, 15) is 4.79 Å². The molecule has 0 aliphatic heterocycles. The van der Waals surface area contributed by atoms with E-state index in [1.807, 2.05) is 78.2 Å². The summed E-state index contributed by atoms with van der Waals surface area (Å²) < 4.78 is 1.93. The lowest BCUT2D eigenvalue weighted by molar-refractivity contribution is 0.0934. The second kappa shape index (κ2) is 12.7. The molecule has 5 rings (SSSR count). The molecule has 4 aromatic carbocycles. The Morgan fingerprint density at radius 1 is 0.850 bits per heavy atom. The number of nitrogens with one attached hydrogen (secondary N) is 1. The standard InChI is InChI=1S/C32H28Cl2N4OS/c1-21-11-13-25(14-12-21)31(39)35-28(18-23-8-4-3-5-9-23)30-36-37-32(40-20-24-10-6-7-22(2)17-24)38(30)29-16-15-26(33)19-27(29)34/h3-17,19,28H,18,20H2,1-2H3,(H,35,39). The van der Waals surface area contributed by atoms with Crippen LogP contribution in [0, 0.1) is 13.8 Å². The first-order chi connectivity index (χ1) is 19.4. The van der Waals surface area contributed by atoms with Crippen molar-refractivity contribution in [3.63, 3.8) is 0 Å². The lowest BCUT2D eigenvalue weighted by atomic mass is 10.0. The number of nitrogens with zero attached hydrogens (tertiary/aromatic N) is 3. The molecule has 0 radical (unpaired) electrons. The van der Waals surface area contributed by atoms with E-state index in [1.54, 1.807) is 23.9 Å². The highest BCUT2D eigenvalue weighted by atomic mass is 35.5. The Bertz CT molecular complexity index is 1620. The van der Waals surface area contributed by atoms with Crippen molar-refractivity contribution in [3.8, 4) is 5.69 Å². The van der Waals surface area contributed by atoms with Gasteiger partial charge in [0.15, 0.2) is 11.0 Å². The molecule has 1 N–H and O–H groups in total. The summed E-state index contributed by atoms with van der Waals surface area (Å²) in [5.74, 6) is 1.09. The maximum Gasteiger partial charge on any atom is 0.251 e. The number of aromatic nitrogens is 3. The number of hydrogen-bond donors (Lipinski definition) is 1. The summed E-state index contributed by atoms with van der Waals surface area (Å²) in [6, 6.07) is 30.8. The third-order valence-electron chi connectivity index (χ3n) is 6.47. The molecule has 5 aromatic rings. The van der Waals surface area contributed by atoms with E-state index in [-0.39, 0.29) is 5.91 Å². The van der Waals surface area contributed by atoms with E-state index in [4.69, 9.17) is 23.2 Å². The van der Waals surface area contributed by atoms with Crippen molar-refractivity contribution >= 4 is 40.9 Å². The molecule has 0 aliphatic carbocycles. The third kappa shape index (κ3) is 6.76. The van der Waals surface area contributed by atoms with Gasteiger partial charge in [-0.1, -0.05) is 113 Å². The van der Waals surface area contributed by atoms with Gasteiger partial charge in [-0.15, -0.1) is 10.2 Å². The molecular formula is C32H28Cl2N4OS. The number of aryl methyl sites for hydroxylation is 2. The van der Waals surface area contributed by atoms with Crippen molar-refractivity contribution in [2.45, 2.75) is 37.2 Å². The summed E-state index contributed by atoms with van der Waals surface area (Å²) in [6.07, 6.45) is 0.518. The Kier molecular flexibility index (Phi) is 8.90. The second-order valence-electron chi connectivity index (χ2n) is 9.63. The van der Waals surface area contributed by atoms with E-state index in [0.29, 0.717) is 44.5 Å². The van der Waals surface area contributed by atoms with E-state index >= 15 is 0 Å². The van der Waals surface area contributed by atoms with Gasteiger partial charge in [0.25, 0.3) is 5.91 Å². The van der Waals surface area contributed by atoms with E-state index in [1.165, 1.54) is 11.1 Å². The summed E-state index contributed by atoms with van der Waals surface area (Å²) in [5.41, 5.74) is 5.79. The van der Waals surface area contributed by atoms with Gasteiger partial charge in [-0.25, -0.2) is 0 Å². The first-order valence-electron chi connectivity index (χ1n) is 12.9. The van der Waals surface area contributed by atoms with E-state index in [2.05, 4.69) is 40.6 Å². The Morgan fingerprint density at radius 2 is 1.60 bits per heavy atom. The molecule has 0 saturated heterocycles. The highest BCUT2D eigenvalue weighted by molar-refractivity contribution is 7.98. The first kappa shape index (κ1) is 28.0. The molecule has 1 atom stereocenters. The zero-order valence-electron chi connectivity index (χ0n) is 22.1. The fourth-order valence-electron chi connectivity index (χ4n) is 4.44. The van der Waals surface area contributed by atoms with Crippen molar-refractivity contribution in [1.82, 2.24) is 20.1 Å². The number of hydrogen-bond acceptors (Lipinski definition) is 4. The highest BCUT2D eigenvalue weighted by Gasteiger charge is 2.26. The highest BCUT2D eigenvalue weighted by Crippen LogP contribution is 2.33. The minimum atomic E-state index is -0.483. The molecule has 1 unspecified atom stereocenters. The summed E-state index contributed by atoms with van der Waals surface area (Å²) in [7, 11) is 0. The van der Waals surface area contributed by atoms with Gasteiger partial charge in [0.1, 0.15) is 0 Å². The van der Waals surface area contributed by atoms with Crippen LogP contribution in [0.25, 0.3) is 5.69 Å². The number of carbonyl (C=O) groups is 1. The summed E-state index contributed by atoms with van der Waals surface area (Å²) in [4.78, 5) is 13.4. The maximum atomic E-state index is 13.4. The van der Waals surface area contributed by atoms with Crippen LogP contribution >= 0.6 is 35.0 Å². The van der Waals surface area contributed by atoms with Crippen LogP contribution in [0.4, 0.5) is 0 Å². The average molecular weight is 588 g/mol. The van der Waals surface area contributed by atoms with Crippen LogP contribution in [-0.2, 0) is 12.2 Å². The van der Waals surface area contributed by atoms with Gasteiger partial charge in [0.05, 0.1) is 16.8 Å².